The summed E-state index contributed by atoms with van der Waals surface area (Å²) in [6.07, 6.45) is 1.58. The molecular formula is C11H17N3O2. The lowest BCUT2D eigenvalue weighted by atomic mass is 9.95. The monoisotopic (exact) mass is 223 g/mol. The normalized spacial score (nSPS) is 11.2. The van der Waals surface area contributed by atoms with E-state index in [4.69, 9.17) is 10.8 Å². The van der Waals surface area contributed by atoms with Crippen molar-refractivity contribution >= 4 is 11.7 Å². The van der Waals surface area contributed by atoms with Crippen molar-refractivity contribution in [1.29, 1.82) is 0 Å². The number of carbonyl (C=O) groups is 1. The number of aromatic nitrogens is 1. The zero-order chi connectivity index (χ0) is 12.2. The molecule has 16 heavy (non-hydrogen) atoms. The number of amides is 1. The van der Waals surface area contributed by atoms with E-state index in [-0.39, 0.29) is 12.0 Å². The Labute approximate surface area is 94.7 Å². The molecule has 5 nitrogen and oxygen atoms in total. The molecule has 0 saturated heterocycles. The van der Waals surface area contributed by atoms with Gasteiger partial charge in [0, 0.05) is 24.8 Å². The number of nitrogens with zero attached hydrogens (tertiary/aromatic N) is 1. The number of carbonyl (C=O) groups excluding carboxylic acids is 1. The zero-order valence-electron chi connectivity index (χ0n) is 9.53. The standard InChI is InChI=1S/C11H17N3O2/c1-11(2,7-15)6-14-10-8(9(12)16)4-3-5-13-10/h3-5,15H,6-7H2,1-2H3,(H2,12,16)(H,13,14). The minimum Gasteiger partial charge on any atom is -0.396 e. The predicted octanol–water partition coefficient (Wildman–Crippen LogP) is 0.611. The molecule has 88 valence electrons. The number of nitrogens with two attached hydrogens (primary N) is 1. The SMILES string of the molecule is CC(C)(CO)CNc1ncccc1C(N)=O. The zero-order valence-corrected chi connectivity index (χ0v) is 9.53. The van der Waals surface area contributed by atoms with Crippen molar-refractivity contribution in [3.8, 4) is 0 Å². The van der Waals surface area contributed by atoms with E-state index < -0.39 is 5.91 Å². The van der Waals surface area contributed by atoms with Crippen molar-refractivity contribution in [2.75, 3.05) is 18.5 Å². The number of anilines is 1. The van der Waals surface area contributed by atoms with Gasteiger partial charge in [-0.05, 0) is 12.1 Å². The van der Waals surface area contributed by atoms with Gasteiger partial charge in [-0.2, -0.15) is 0 Å². The largest absolute Gasteiger partial charge is 0.396 e. The second-order valence-corrected chi connectivity index (χ2v) is 4.44. The van der Waals surface area contributed by atoms with E-state index in [1.165, 1.54) is 0 Å². The van der Waals surface area contributed by atoms with Crippen LogP contribution in [-0.4, -0.2) is 29.1 Å². The van der Waals surface area contributed by atoms with Crippen LogP contribution in [0.5, 0.6) is 0 Å². The molecule has 0 aliphatic heterocycles. The molecule has 0 aromatic carbocycles. The van der Waals surface area contributed by atoms with Crippen LogP contribution in [-0.2, 0) is 0 Å². The molecule has 0 aliphatic carbocycles. The highest BCUT2D eigenvalue weighted by Gasteiger charge is 2.17. The Balaban J connectivity index is 2.78. The Morgan fingerprint density at radius 2 is 2.31 bits per heavy atom. The molecule has 0 unspecified atom stereocenters. The van der Waals surface area contributed by atoms with Gasteiger partial charge in [-0.25, -0.2) is 4.98 Å². The number of nitrogens with one attached hydrogen (secondary N) is 1. The molecule has 1 heterocycles. The molecule has 0 bridgehead atoms. The van der Waals surface area contributed by atoms with Crippen molar-refractivity contribution in [2.45, 2.75) is 13.8 Å². The Morgan fingerprint density at radius 3 is 2.88 bits per heavy atom. The first kappa shape index (κ1) is 12.4. The summed E-state index contributed by atoms with van der Waals surface area (Å²) in [5.41, 5.74) is 5.30. The van der Waals surface area contributed by atoms with Crippen molar-refractivity contribution in [1.82, 2.24) is 4.98 Å². The van der Waals surface area contributed by atoms with Gasteiger partial charge in [-0.15, -0.1) is 0 Å². The number of aliphatic hydroxyl groups is 1. The van der Waals surface area contributed by atoms with Gasteiger partial charge in [0.25, 0.3) is 5.91 Å². The number of primary amides is 1. The molecule has 4 N–H and O–H groups in total. The van der Waals surface area contributed by atoms with Crippen LogP contribution in [0.25, 0.3) is 0 Å². The first-order valence-corrected chi connectivity index (χ1v) is 5.06. The first-order chi connectivity index (χ1) is 7.46. The van der Waals surface area contributed by atoms with Crippen LogP contribution in [0.2, 0.25) is 0 Å². The Hall–Kier alpha value is -1.62. The number of aliphatic hydroxyl groups excluding tert-OH is 1. The molecule has 1 aromatic rings. The third kappa shape index (κ3) is 3.20. The van der Waals surface area contributed by atoms with E-state index in [9.17, 15) is 4.79 Å². The minimum absolute atomic E-state index is 0.0543. The Bertz CT molecular complexity index is 377. The van der Waals surface area contributed by atoms with E-state index >= 15 is 0 Å². The molecule has 1 aromatic heterocycles. The van der Waals surface area contributed by atoms with Crippen LogP contribution in [0.15, 0.2) is 18.3 Å². The van der Waals surface area contributed by atoms with Crippen molar-refractivity contribution in [2.24, 2.45) is 11.1 Å². The van der Waals surface area contributed by atoms with Gasteiger partial charge in [-0.1, -0.05) is 13.8 Å². The highest BCUT2D eigenvalue weighted by Crippen LogP contribution is 2.16. The second kappa shape index (κ2) is 4.94. The van der Waals surface area contributed by atoms with Gasteiger partial charge in [0.1, 0.15) is 5.82 Å². The van der Waals surface area contributed by atoms with E-state index in [0.29, 0.717) is 17.9 Å². The first-order valence-electron chi connectivity index (χ1n) is 5.06. The molecule has 0 spiro atoms. The lowest BCUT2D eigenvalue weighted by Gasteiger charge is -2.22. The maximum Gasteiger partial charge on any atom is 0.252 e. The van der Waals surface area contributed by atoms with E-state index in [1.54, 1.807) is 18.3 Å². The van der Waals surface area contributed by atoms with E-state index in [0.717, 1.165) is 0 Å². The summed E-state index contributed by atoms with van der Waals surface area (Å²) in [6.45, 7) is 4.39. The number of hydrogen-bond donors (Lipinski definition) is 3. The van der Waals surface area contributed by atoms with Gasteiger partial charge in [0.15, 0.2) is 0 Å². The lowest BCUT2D eigenvalue weighted by molar-refractivity contribution is 0.100. The molecule has 1 amide bonds. The number of rotatable bonds is 5. The molecule has 0 fully saturated rings. The summed E-state index contributed by atoms with van der Waals surface area (Å²) in [5.74, 6) is -0.0612. The highest BCUT2D eigenvalue weighted by atomic mass is 16.3. The van der Waals surface area contributed by atoms with E-state index in [2.05, 4.69) is 10.3 Å². The molecule has 1 rings (SSSR count). The summed E-state index contributed by atoms with van der Waals surface area (Å²) in [5, 5.41) is 12.1. The summed E-state index contributed by atoms with van der Waals surface area (Å²) < 4.78 is 0. The predicted molar refractivity (Wildman–Crippen MR) is 62.1 cm³/mol. The van der Waals surface area contributed by atoms with Crippen LogP contribution in [0.4, 0.5) is 5.82 Å². The Morgan fingerprint density at radius 1 is 1.62 bits per heavy atom. The smallest absolute Gasteiger partial charge is 0.252 e. The minimum atomic E-state index is -0.516. The van der Waals surface area contributed by atoms with E-state index in [1.807, 2.05) is 13.8 Å². The third-order valence-corrected chi connectivity index (χ3v) is 2.24. The maximum atomic E-state index is 11.1. The van der Waals surface area contributed by atoms with Crippen LogP contribution in [0, 0.1) is 5.41 Å². The van der Waals surface area contributed by atoms with Gasteiger partial charge in [-0.3, -0.25) is 4.79 Å². The highest BCUT2D eigenvalue weighted by molar-refractivity contribution is 5.97. The van der Waals surface area contributed by atoms with Gasteiger partial charge in [0.2, 0.25) is 0 Å². The summed E-state index contributed by atoms with van der Waals surface area (Å²) in [7, 11) is 0. The van der Waals surface area contributed by atoms with Crippen LogP contribution < -0.4 is 11.1 Å². The summed E-state index contributed by atoms with van der Waals surface area (Å²) in [6, 6.07) is 3.27. The number of pyridine rings is 1. The average Bonchev–Trinajstić information content (AvgIpc) is 2.27. The van der Waals surface area contributed by atoms with Crippen LogP contribution in [0.3, 0.4) is 0 Å². The Kier molecular flexibility index (Phi) is 3.84. The van der Waals surface area contributed by atoms with Crippen molar-refractivity contribution < 1.29 is 9.90 Å². The summed E-state index contributed by atoms with van der Waals surface area (Å²) >= 11 is 0. The maximum absolute atomic E-state index is 11.1. The number of hydrogen-bond acceptors (Lipinski definition) is 4. The summed E-state index contributed by atoms with van der Waals surface area (Å²) in [4.78, 5) is 15.2. The molecule has 0 aliphatic rings. The van der Waals surface area contributed by atoms with Gasteiger partial charge in [0.05, 0.1) is 5.56 Å². The van der Waals surface area contributed by atoms with Gasteiger partial charge < -0.3 is 16.2 Å². The third-order valence-electron chi connectivity index (χ3n) is 2.24. The fourth-order valence-corrected chi connectivity index (χ4v) is 1.12. The molecule has 0 radical (unpaired) electrons. The quantitative estimate of drug-likeness (QED) is 0.682. The fraction of sp³-hybridized carbons (Fsp3) is 0.455. The van der Waals surface area contributed by atoms with Crippen molar-refractivity contribution in [3.05, 3.63) is 23.9 Å². The topological polar surface area (TPSA) is 88.2 Å². The average molecular weight is 223 g/mol. The van der Waals surface area contributed by atoms with Crippen molar-refractivity contribution in [3.63, 3.8) is 0 Å². The van der Waals surface area contributed by atoms with Crippen LogP contribution in [0.1, 0.15) is 24.2 Å². The van der Waals surface area contributed by atoms with Crippen LogP contribution >= 0.6 is 0 Å². The second-order valence-electron chi connectivity index (χ2n) is 4.44. The molecule has 0 saturated carbocycles. The molecule has 5 heteroatoms. The molecule has 0 atom stereocenters. The lowest BCUT2D eigenvalue weighted by Crippen LogP contribution is -2.28. The van der Waals surface area contributed by atoms with Gasteiger partial charge >= 0.3 is 0 Å². The fourth-order valence-electron chi connectivity index (χ4n) is 1.12. The molecular weight excluding hydrogens is 206 g/mol.